The third kappa shape index (κ3) is 4.61. The predicted molar refractivity (Wildman–Crippen MR) is 179 cm³/mol. The molecule has 10 nitrogen and oxygen atoms in total. The molecule has 2 saturated heterocycles. The molecule has 0 unspecified atom stereocenters. The van der Waals surface area contributed by atoms with Crippen LogP contribution in [0.3, 0.4) is 0 Å². The lowest BCUT2D eigenvalue weighted by atomic mass is 9.42. The second kappa shape index (κ2) is 11.4. The molecule has 1 aromatic rings. The summed E-state index contributed by atoms with van der Waals surface area (Å²) in [7, 11) is 0. The number of nitrogens with zero attached hydrogens (tertiary/aromatic N) is 1. The van der Waals surface area contributed by atoms with Gasteiger partial charge in [-0.15, -0.1) is 11.8 Å². The molecule has 0 bridgehead atoms. The smallest absolute Gasteiger partial charge is 0.338 e. The van der Waals surface area contributed by atoms with Gasteiger partial charge in [-0.3, -0.25) is 4.99 Å². The van der Waals surface area contributed by atoms with E-state index in [0.717, 1.165) is 37.7 Å². The molecule has 11 heteroatoms. The Hall–Kier alpha value is -2.28. The van der Waals surface area contributed by atoms with E-state index < -0.39 is 39.5 Å². The number of hydrogen-bond donors (Lipinski definition) is 2. The molecule has 0 radical (unpaired) electrons. The van der Waals surface area contributed by atoms with Crippen molar-refractivity contribution in [3.8, 4) is 0 Å². The normalized spacial score (nSPS) is 49.6. The van der Waals surface area contributed by atoms with E-state index in [4.69, 9.17) is 28.7 Å². The SMILES string of the molecule is C[C@@H]1C[C@@]2(N=CCS2)[C@]2(O)O[C@@H]3C[C@@]4(COC(=O)c5ccccc5)[C@@H](CC[C@@H]5[C@@H]4CC[C@]4(C)[C@@H](C6=CC(=O)OC6)CC[C@]54O)C[C@H]3O[C@@H]2O1. The molecule has 13 atom stereocenters. The summed E-state index contributed by atoms with van der Waals surface area (Å²) in [6, 6.07) is 9.10. The van der Waals surface area contributed by atoms with Crippen LogP contribution in [0.25, 0.3) is 0 Å². The highest BCUT2D eigenvalue weighted by Crippen LogP contribution is 2.71. The molecule has 9 rings (SSSR count). The van der Waals surface area contributed by atoms with Gasteiger partial charge in [-0.25, -0.2) is 9.59 Å². The zero-order valence-electron chi connectivity index (χ0n) is 28.3. The van der Waals surface area contributed by atoms with Crippen molar-refractivity contribution in [2.24, 2.45) is 39.5 Å². The van der Waals surface area contributed by atoms with E-state index in [9.17, 15) is 19.8 Å². The second-order valence-corrected chi connectivity index (χ2v) is 17.6. The van der Waals surface area contributed by atoms with E-state index in [-0.39, 0.29) is 54.4 Å². The zero-order chi connectivity index (χ0) is 33.8. The second-order valence-electron chi connectivity index (χ2n) is 16.3. The molecule has 4 aliphatic heterocycles. The maximum atomic E-state index is 13.5. The number of cyclic esters (lactones) is 1. The van der Waals surface area contributed by atoms with E-state index in [2.05, 4.69) is 6.92 Å². The number of esters is 2. The largest absolute Gasteiger partial charge is 0.461 e. The number of benzene rings is 1. The summed E-state index contributed by atoms with van der Waals surface area (Å²) in [5.74, 6) is -1.44. The summed E-state index contributed by atoms with van der Waals surface area (Å²) in [5, 5.41) is 25.3. The number of carbonyl (C=O) groups excluding carboxylic acids is 2. The average Bonchev–Trinajstić information content (AvgIpc) is 3.81. The summed E-state index contributed by atoms with van der Waals surface area (Å²) in [4.78, 5) is 29.5. The summed E-state index contributed by atoms with van der Waals surface area (Å²) in [5.41, 5.74) is -0.321. The summed E-state index contributed by atoms with van der Waals surface area (Å²) < 4.78 is 31.4. The third-order valence-electron chi connectivity index (χ3n) is 14.3. The minimum atomic E-state index is -1.77. The number of hydrogen-bond acceptors (Lipinski definition) is 11. The Labute approximate surface area is 291 Å². The molecule has 264 valence electrons. The summed E-state index contributed by atoms with van der Waals surface area (Å²) in [6.07, 6.45) is 8.20. The Balaban J connectivity index is 1.07. The van der Waals surface area contributed by atoms with Gasteiger partial charge in [0.15, 0.2) is 4.87 Å². The molecule has 4 heterocycles. The zero-order valence-corrected chi connectivity index (χ0v) is 29.1. The first-order valence-corrected chi connectivity index (χ1v) is 19.2. The van der Waals surface area contributed by atoms with Crippen LogP contribution in [0, 0.1) is 34.5 Å². The molecule has 8 aliphatic rings. The van der Waals surface area contributed by atoms with Gasteiger partial charge in [0.1, 0.15) is 6.61 Å². The quantitative estimate of drug-likeness (QED) is 0.335. The Morgan fingerprint density at radius 2 is 1.88 bits per heavy atom. The molecule has 2 N–H and O–H groups in total. The molecule has 1 aromatic carbocycles. The highest BCUT2D eigenvalue weighted by atomic mass is 32.2. The third-order valence-corrected chi connectivity index (χ3v) is 15.6. The summed E-state index contributed by atoms with van der Waals surface area (Å²) in [6.45, 7) is 4.72. The molecule has 49 heavy (non-hydrogen) atoms. The molecule has 0 aromatic heterocycles. The van der Waals surface area contributed by atoms with E-state index in [1.165, 1.54) is 0 Å². The lowest BCUT2D eigenvalue weighted by molar-refractivity contribution is -0.447. The van der Waals surface area contributed by atoms with Crippen LogP contribution in [-0.2, 0) is 28.5 Å². The fourth-order valence-electron chi connectivity index (χ4n) is 12.0. The van der Waals surface area contributed by atoms with E-state index in [1.807, 2.05) is 31.3 Å². The highest BCUT2D eigenvalue weighted by molar-refractivity contribution is 8.01. The molecular formula is C38H47NO9S. The van der Waals surface area contributed by atoms with Gasteiger partial charge < -0.3 is 33.9 Å². The van der Waals surface area contributed by atoms with Crippen LogP contribution in [0.5, 0.6) is 0 Å². The number of thioether (sulfide) groups is 1. The van der Waals surface area contributed by atoms with Gasteiger partial charge in [0, 0.05) is 35.3 Å². The molecule has 4 saturated carbocycles. The van der Waals surface area contributed by atoms with Gasteiger partial charge in [-0.2, -0.15) is 0 Å². The van der Waals surface area contributed by atoms with Crippen molar-refractivity contribution in [3.63, 3.8) is 0 Å². The molecule has 1 spiro atoms. The van der Waals surface area contributed by atoms with Crippen LogP contribution in [0.2, 0.25) is 0 Å². The highest BCUT2D eigenvalue weighted by Gasteiger charge is 2.72. The first-order valence-electron chi connectivity index (χ1n) is 18.2. The fraction of sp³-hybridized carbons (Fsp3) is 0.711. The van der Waals surface area contributed by atoms with Crippen LogP contribution >= 0.6 is 11.8 Å². The lowest BCUT2D eigenvalue weighted by Crippen LogP contribution is -2.73. The molecule has 0 amide bonds. The van der Waals surface area contributed by atoms with Gasteiger partial charge in [0.25, 0.3) is 5.79 Å². The van der Waals surface area contributed by atoms with Crippen molar-refractivity contribution in [1.82, 2.24) is 0 Å². The number of carbonyl (C=O) groups is 2. The van der Waals surface area contributed by atoms with Crippen molar-refractivity contribution in [2.75, 3.05) is 19.0 Å². The predicted octanol–water partition coefficient (Wildman–Crippen LogP) is 4.81. The maximum absolute atomic E-state index is 13.5. The Morgan fingerprint density at radius 1 is 1.04 bits per heavy atom. The van der Waals surface area contributed by atoms with Crippen molar-refractivity contribution in [1.29, 1.82) is 0 Å². The molecule has 6 fully saturated rings. The van der Waals surface area contributed by atoms with E-state index in [1.54, 1.807) is 30.0 Å². The summed E-state index contributed by atoms with van der Waals surface area (Å²) >= 11 is 1.57. The van der Waals surface area contributed by atoms with Crippen molar-refractivity contribution in [3.05, 3.63) is 47.5 Å². The van der Waals surface area contributed by atoms with Crippen LogP contribution in [0.4, 0.5) is 0 Å². The van der Waals surface area contributed by atoms with Crippen LogP contribution in [0.1, 0.15) is 82.0 Å². The van der Waals surface area contributed by atoms with Crippen molar-refractivity contribution >= 4 is 29.9 Å². The van der Waals surface area contributed by atoms with Gasteiger partial charge in [0.2, 0.25) is 6.29 Å². The topological polar surface area (TPSA) is 133 Å². The maximum Gasteiger partial charge on any atom is 0.338 e. The first-order chi connectivity index (χ1) is 23.5. The van der Waals surface area contributed by atoms with E-state index in [0.29, 0.717) is 43.6 Å². The lowest BCUT2D eigenvalue weighted by Gasteiger charge is -2.66. The first kappa shape index (κ1) is 32.6. The number of rotatable bonds is 4. The minimum Gasteiger partial charge on any atom is -0.461 e. The van der Waals surface area contributed by atoms with Gasteiger partial charge in [-0.1, -0.05) is 25.1 Å². The number of aliphatic hydroxyl groups is 2. The van der Waals surface area contributed by atoms with Gasteiger partial charge in [0.05, 0.1) is 36.1 Å². The Bertz CT molecular complexity index is 1590. The molecule has 4 aliphatic carbocycles. The number of aliphatic imine (C=N–C) groups is 1. The monoisotopic (exact) mass is 693 g/mol. The Morgan fingerprint density at radius 3 is 2.63 bits per heavy atom. The van der Waals surface area contributed by atoms with Crippen LogP contribution in [-0.4, -0.2) is 88.2 Å². The van der Waals surface area contributed by atoms with Gasteiger partial charge >= 0.3 is 11.9 Å². The fourth-order valence-corrected chi connectivity index (χ4v) is 13.3. The van der Waals surface area contributed by atoms with Crippen molar-refractivity contribution < 1.29 is 43.5 Å². The molecular weight excluding hydrogens is 646 g/mol. The van der Waals surface area contributed by atoms with Gasteiger partial charge in [-0.05, 0) is 99.7 Å². The van der Waals surface area contributed by atoms with E-state index >= 15 is 0 Å². The van der Waals surface area contributed by atoms with Crippen LogP contribution < -0.4 is 0 Å². The average molecular weight is 694 g/mol. The Kier molecular flexibility index (Phi) is 7.56. The number of ether oxygens (including phenoxy) is 5. The standard InChI is InChI=1S/C38H47NO9S/c1-22-18-37(39-14-15-49-37)38(43)33(46-22)47-29-17-25-8-9-28-27(10-12-34(2)26(11-13-36(28,34)42)24-16-31(40)44-20-24)35(25,19-30(29)48-38)21-45-32(41)23-6-4-3-5-7-23/h3-7,14,16,22,25-30,33,42-43H,8-13,15,17-21H2,1-2H3/t22-,25+,26-,27+,28-,29-,30-,33+,34-,35-,36+,37+,38-/m1/s1. The minimum absolute atomic E-state index is 0.0152. The van der Waals surface area contributed by atoms with Crippen molar-refractivity contribution in [2.45, 2.75) is 112 Å². The van der Waals surface area contributed by atoms with Crippen LogP contribution in [0.15, 0.2) is 47.0 Å². The number of fused-ring (bicyclic) bond motifs is 8.